The largest absolute Gasteiger partial charge is 0.396 e. The molecule has 0 aromatic carbocycles. The molecule has 2 aliphatic rings. The molecule has 0 aromatic heterocycles. The molecule has 1 N–H and O–H groups in total. The molecule has 2 unspecified atom stereocenters. The topological polar surface area (TPSA) is 74.7 Å². The van der Waals surface area contributed by atoms with Gasteiger partial charge in [-0.05, 0) is 38.5 Å². The zero-order valence-electron chi connectivity index (χ0n) is 11.3. The SMILES string of the molecule is O=C(C1CCCCS1(=O)=O)N1CCCCC1CCO. The molecule has 2 aliphatic heterocycles. The molecule has 0 spiro atoms. The first-order valence-electron chi connectivity index (χ1n) is 7.19. The van der Waals surface area contributed by atoms with Crippen LogP contribution < -0.4 is 0 Å². The minimum absolute atomic E-state index is 0.0170. The molecule has 0 aromatic rings. The van der Waals surface area contributed by atoms with Crippen LogP contribution in [0, 0.1) is 0 Å². The molecule has 2 heterocycles. The highest BCUT2D eigenvalue weighted by Gasteiger charge is 2.39. The van der Waals surface area contributed by atoms with Crippen molar-refractivity contribution in [3.63, 3.8) is 0 Å². The third kappa shape index (κ3) is 3.28. The van der Waals surface area contributed by atoms with E-state index in [0.29, 0.717) is 25.8 Å². The number of likely N-dealkylation sites (tertiary alicyclic amines) is 1. The first-order chi connectivity index (χ1) is 9.06. The number of amides is 1. The molecule has 110 valence electrons. The fraction of sp³-hybridized carbons (Fsp3) is 0.923. The molecule has 0 saturated carbocycles. The van der Waals surface area contributed by atoms with Crippen LogP contribution in [0.15, 0.2) is 0 Å². The summed E-state index contributed by atoms with van der Waals surface area (Å²) in [5.74, 6) is -0.0834. The van der Waals surface area contributed by atoms with Crippen LogP contribution in [0.25, 0.3) is 0 Å². The first kappa shape index (κ1) is 14.8. The summed E-state index contributed by atoms with van der Waals surface area (Å²) in [5.41, 5.74) is 0. The summed E-state index contributed by atoms with van der Waals surface area (Å²) in [4.78, 5) is 14.2. The van der Waals surface area contributed by atoms with E-state index in [1.54, 1.807) is 4.90 Å². The summed E-state index contributed by atoms with van der Waals surface area (Å²) in [6.07, 6.45) is 5.35. The van der Waals surface area contributed by atoms with Gasteiger partial charge < -0.3 is 10.0 Å². The molecule has 19 heavy (non-hydrogen) atoms. The first-order valence-corrected chi connectivity index (χ1v) is 8.90. The number of hydrogen-bond acceptors (Lipinski definition) is 4. The van der Waals surface area contributed by atoms with Gasteiger partial charge in [-0.1, -0.05) is 6.42 Å². The van der Waals surface area contributed by atoms with Crippen molar-refractivity contribution < 1.29 is 18.3 Å². The normalized spacial score (nSPS) is 31.1. The Morgan fingerprint density at radius 2 is 1.89 bits per heavy atom. The van der Waals surface area contributed by atoms with Crippen molar-refractivity contribution in [2.24, 2.45) is 0 Å². The number of piperidine rings is 1. The van der Waals surface area contributed by atoms with Crippen molar-refractivity contribution in [3.8, 4) is 0 Å². The van der Waals surface area contributed by atoms with Gasteiger partial charge >= 0.3 is 0 Å². The Morgan fingerprint density at radius 1 is 1.16 bits per heavy atom. The molecule has 2 atom stereocenters. The second-order valence-corrected chi connectivity index (χ2v) is 7.85. The van der Waals surface area contributed by atoms with Gasteiger partial charge in [-0.2, -0.15) is 0 Å². The number of rotatable bonds is 3. The molecule has 2 saturated heterocycles. The highest BCUT2D eigenvalue weighted by atomic mass is 32.2. The number of carbonyl (C=O) groups is 1. The highest BCUT2D eigenvalue weighted by molar-refractivity contribution is 7.92. The number of nitrogens with zero attached hydrogens (tertiary/aromatic N) is 1. The van der Waals surface area contributed by atoms with Crippen molar-refractivity contribution >= 4 is 15.7 Å². The molecule has 0 aliphatic carbocycles. The lowest BCUT2D eigenvalue weighted by atomic mass is 9.98. The molecule has 5 nitrogen and oxygen atoms in total. The van der Waals surface area contributed by atoms with Gasteiger partial charge in [0.15, 0.2) is 9.84 Å². The van der Waals surface area contributed by atoms with E-state index in [2.05, 4.69) is 0 Å². The quantitative estimate of drug-likeness (QED) is 0.830. The zero-order valence-corrected chi connectivity index (χ0v) is 12.1. The Morgan fingerprint density at radius 3 is 2.58 bits per heavy atom. The van der Waals surface area contributed by atoms with E-state index in [-0.39, 0.29) is 24.3 Å². The molecular weight excluding hydrogens is 266 g/mol. The van der Waals surface area contributed by atoms with E-state index in [1.165, 1.54) is 0 Å². The van der Waals surface area contributed by atoms with Gasteiger partial charge in [0.1, 0.15) is 5.25 Å². The van der Waals surface area contributed by atoms with Crippen molar-refractivity contribution in [2.75, 3.05) is 18.9 Å². The summed E-state index contributed by atoms with van der Waals surface area (Å²) in [7, 11) is -3.26. The smallest absolute Gasteiger partial charge is 0.241 e. The third-order valence-corrected chi connectivity index (χ3v) is 6.39. The van der Waals surface area contributed by atoms with Crippen LogP contribution in [0.1, 0.15) is 44.9 Å². The lowest BCUT2D eigenvalue weighted by molar-refractivity contribution is -0.135. The maximum Gasteiger partial charge on any atom is 0.241 e. The number of aliphatic hydroxyl groups excluding tert-OH is 1. The Labute approximate surface area is 114 Å². The molecule has 2 fully saturated rings. The summed E-state index contributed by atoms with van der Waals surface area (Å²) in [6, 6.07) is 0.0170. The van der Waals surface area contributed by atoms with Crippen LogP contribution in [0.5, 0.6) is 0 Å². The predicted octanol–water partition coefficient (Wildman–Crippen LogP) is 0.717. The van der Waals surface area contributed by atoms with Crippen LogP contribution >= 0.6 is 0 Å². The Hall–Kier alpha value is -0.620. The van der Waals surface area contributed by atoms with E-state index in [1.807, 2.05) is 0 Å². The van der Waals surface area contributed by atoms with E-state index in [0.717, 1.165) is 25.7 Å². The van der Waals surface area contributed by atoms with Crippen molar-refractivity contribution in [3.05, 3.63) is 0 Å². The number of sulfone groups is 1. The van der Waals surface area contributed by atoms with Gasteiger partial charge in [0, 0.05) is 19.2 Å². The fourth-order valence-electron chi connectivity index (χ4n) is 3.16. The van der Waals surface area contributed by atoms with Gasteiger partial charge in [0.25, 0.3) is 0 Å². The number of aliphatic hydroxyl groups is 1. The van der Waals surface area contributed by atoms with Crippen LogP contribution in [0.2, 0.25) is 0 Å². The van der Waals surface area contributed by atoms with E-state index < -0.39 is 15.1 Å². The summed E-state index contributed by atoms with van der Waals surface area (Å²) in [5, 5.41) is 8.24. The minimum Gasteiger partial charge on any atom is -0.396 e. The summed E-state index contributed by atoms with van der Waals surface area (Å²) in [6.45, 7) is 0.682. The fourth-order valence-corrected chi connectivity index (χ4v) is 5.02. The minimum atomic E-state index is -3.26. The summed E-state index contributed by atoms with van der Waals surface area (Å²) >= 11 is 0. The van der Waals surface area contributed by atoms with Crippen LogP contribution in [-0.4, -0.2) is 54.5 Å². The second-order valence-electron chi connectivity index (χ2n) is 5.54. The number of hydrogen-bond donors (Lipinski definition) is 1. The number of carbonyl (C=O) groups excluding carboxylic acids is 1. The van der Waals surface area contributed by atoms with Crippen molar-refractivity contribution in [1.82, 2.24) is 4.90 Å². The second kappa shape index (κ2) is 6.22. The molecule has 1 amide bonds. The Balaban J connectivity index is 2.12. The lowest BCUT2D eigenvalue weighted by Gasteiger charge is -2.38. The Kier molecular flexibility index (Phi) is 4.84. The van der Waals surface area contributed by atoms with Crippen LogP contribution in [-0.2, 0) is 14.6 Å². The van der Waals surface area contributed by atoms with E-state index >= 15 is 0 Å². The molecule has 0 radical (unpaired) electrons. The van der Waals surface area contributed by atoms with Gasteiger partial charge in [-0.15, -0.1) is 0 Å². The Bertz CT molecular complexity index is 418. The monoisotopic (exact) mass is 289 g/mol. The standard InChI is InChI=1S/C13H23NO4S/c15-9-7-11-5-1-3-8-14(11)13(16)12-6-2-4-10-19(12,17)18/h11-12,15H,1-10H2. The van der Waals surface area contributed by atoms with Gasteiger partial charge in [0.05, 0.1) is 5.75 Å². The molecular formula is C13H23NO4S. The zero-order chi connectivity index (χ0) is 13.9. The lowest BCUT2D eigenvalue weighted by Crippen LogP contribution is -2.51. The van der Waals surface area contributed by atoms with Gasteiger partial charge in [-0.25, -0.2) is 8.42 Å². The third-order valence-electron chi connectivity index (χ3n) is 4.23. The summed E-state index contributed by atoms with van der Waals surface area (Å²) < 4.78 is 24.1. The maximum atomic E-state index is 12.5. The van der Waals surface area contributed by atoms with Crippen LogP contribution in [0.4, 0.5) is 0 Å². The average molecular weight is 289 g/mol. The molecule has 6 heteroatoms. The predicted molar refractivity (Wildman–Crippen MR) is 72.5 cm³/mol. The van der Waals surface area contributed by atoms with E-state index in [4.69, 9.17) is 5.11 Å². The molecule has 0 bridgehead atoms. The van der Waals surface area contributed by atoms with E-state index in [9.17, 15) is 13.2 Å². The highest BCUT2D eigenvalue weighted by Crippen LogP contribution is 2.26. The maximum absolute atomic E-state index is 12.5. The van der Waals surface area contributed by atoms with Crippen molar-refractivity contribution in [1.29, 1.82) is 0 Å². The van der Waals surface area contributed by atoms with Crippen LogP contribution in [0.3, 0.4) is 0 Å². The average Bonchev–Trinajstić information content (AvgIpc) is 2.38. The molecule has 2 rings (SSSR count). The van der Waals surface area contributed by atoms with Crippen molar-refractivity contribution in [2.45, 2.75) is 56.2 Å². The van der Waals surface area contributed by atoms with Gasteiger partial charge in [0.2, 0.25) is 5.91 Å². The van der Waals surface area contributed by atoms with Gasteiger partial charge in [-0.3, -0.25) is 4.79 Å².